The number of hydrazine groups is 1. The number of nitriles is 1. The third-order valence-electron chi connectivity index (χ3n) is 3.15. The molecule has 0 heterocycles. The van der Waals surface area contributed by atoms with E-state index < -0.39 is 0 Å². The summed E-state index contributed by atoms with van der Waals surface area (Å²) in [5, 5.41) is 11.9. The van der Waals surface area contributed by atoms with E-state index in [1.54, 1.807) is 6.07 Å². The normalized spacial score (nSPS) is 28.5. The van der Waals surface area contributed by atoms with Gasteiger partial charge >= 0.3 is 0 Å². The molecule has 2 rings (SSSR count). The average molecular weight is 250 g/mol. The topological polar surface area (TPSA) is 77.0 Å². The molecule has 0 spiro atoms. The largest absolute Gasteiger partial charge is 0.358 e. The second kappa shape index (κ2) is 5.15. The molecule has 0 aromatic carbocycles. The highest BCUT2D eigenvalue weighted by atomic mass is 32.1. The van der Waals surface area contributed by atoms with E-state index >= 15 is 0 Å². The van der Waals surface area contributed by atoms with Crippen LogP contribution in [-0.2, 0) is 4.79 Å². The van der Waals surface area contributed by atoms with Gasteiger partial charge in [-0.15, -0.1) is 0 Å². The van der Waals surface area contributed by atoms with Crippen molar-refractivity contribution in [3.05, 3.63) is 12.2 Å². The third-order valence-corrected chi connectivity index (χ3v) is 3.37. The lowest BCUT2D eigenvalue weighted by Crippen LogP contribution is -2.50. The Morgan fingerprint density at radius 3 is 2.82 bits per heavy atom. The lowest BCUT2D eigenvalue weighted by Gasteiger charge is -2.21. The smallest absolute Gasteiger partial charge is 0.252 e. The number of hydrogen-bond acceptors (Lipinski definition) is 3. The van der Waals surface area contributed by atoms with Gasteiger partial charge in [-0.05, 0) is 36.9 Å². The van der Waals surface area contributed by atoms with Crippen LogP contribution in [0.4, 0.5) is 0 Å². The molecule has 1 amide bonds. The molecule has 2 aliphatic rings. The van der Waals surface area contributed by atoms with Crippen molar-refractivity contribution in [1.82, 2.24) is 16.2 Å². The fraction of sp³-hybridized carbons (Fsp3) is 0.545. The summed E-state index contributed by atoms with van der Waals surface area (Å²) in [7, 11) is 0. The van der Waals surface area contributed by atoms with E-state index in [0.29, 0.717) is 23.0 Å². The van der Waals surface area contributed by atoms with Gasteiger partial charge in [0.15, 0.2) is 5.11 Å². The first kappa shape index (κ1) is 11.9. The van der Waals surface area contributed by atoms with Crippen molar-refractivity contribution in [2.45, 2.75) is 25.3 Å². The first-order valence-electron chi connectivity index (χ1n) is 5.59. The maximum atomic E-state index is 11.0. The van der Waals surface area contributed by atoms with Crippen molar-refractivity contribution in [1.29, 1.82) is 5.26 Å². The Morgan fingerprint density at radius 2 is 2.24 bits per heavy atom. The number of nitrogens with one attached hydrogen (secondary N) is 3. The number of carbonyl (C=O) groups is 1. The minimum Gasteiger partial charge on any atom is -0.358 e. The summed E-state index contributed by atoms with van der Waals surface area (Å²) < 4.78 is 0. The van der Waals surface area contributed by atoms with Crippen molar-refractivity contribution in [3.8, 4) is 6.07 Å². The Hall–Kier alpha value is -1.61. The van der Waals surface area contributed by atoms with E-state index in [9.17, 15) is 4.79 Å². The maximum Gasteiger partial charge on any atom is 0.252 e. The highest BCUT2D eigenvalue weighted by Crippen LogP contribution is 2.38. The summed E-state index contributed by atoms with van der Waals surface area (Å²) >= 11 is 5.06. The number of nitrogens with zero attached hydrogens (tertiary/aromatic N) is 1. The first-order chi connectivity index (χ1) is 8.19. The number of fused-ring (bicyclic) bond motifs is 2. The van der Waals surface area contributed by atoms with Crippen molar-refractivity contribution in [2.75, 3.05) is 0 Å². The van der Waals surface area contributed by atoms with Crippen molar-refractivity contribution >= 4 is 23.2 Å². The zero-order valence-corrected chi connectivity index (χ0v) is 10.1. The van der Waals surface area contributed by atoms with E-state index in [0.717, 1.165) is 6.42 Å². The van der Waals surface area contributed by atoms with Gasteiger partial charge in [-0.1, -0.05) is 12.2 Å². The van der Waals surface area contributed by atoms with Crippen LogP contribution in [0.15, 0.2) is 12.2 Å². The lowest BCUT2D eigenvalue weighted by molar-refractivity contribution is -0.120. The summed E-state index contributed by atoms with van der Waals surface area (Å²) in [5.74, 6) is 0.840. The minimum atomic E-state index is -0.385. The van der Waals surface area contributed by atoms with Gasteiger partial charge in [-0.3, -0.25) is 15.6 Å². The zero-order chi connectivity index (χ0) is 12.3. The summed E-state index contributed by atoms with van der Waals surface area (Å²) in [6.45, 7) is 0. The second-order valence-electron chi connectivity index (χ2n) is 4.37. The van der Waals surface area contributed by atoms with Crippen LogP contribution < -0.4 is 16.2 Å². The monoisotopic (exact) mass is 250 g/mol. The Bertz CT molecular complexity index is 401. The highest BCUT2D eigenvalue weighted by molar-refractivity contribution is 7.80. The van der Waals surface area contributed by atoms with E-state index in [1.165, 1.54) is 6.42 Å². The van der Waals surface area contributed by atoms with Crippen LogP contribution in [0.25, 0.3) is 0 Å². The molecule has 3 atom stereocenters. The van der Waals surface area contributed by atoms with Crippen LogP contribution in [0.5, 0.6) is 0 Å². The highest BCUT2D eigenvalue weighted by Gasteiger charge is 2.35. The molecule has 0 radical (unpaired) electrons. The summed E-state index contributed by atoms with van der Waals surface area (Å²) in [4.78, 5) is 11.0. The van der Waals surface area contributed by atoms with Gasteiger partial charge in [-0.25, -0.2) is 0 Å². The Kier molecular flexibility index (Phi) is 3.59. The fourth-order valence-corrected chi connectivity index (χ4v) is 2.60. The van der Waals surface area contributed by atoms with Gasteiger partial charge in [0, 0.05) is 6.04 Å². The predicted molar refractivity (Wildman–Crippen MR) is 66.4 cm³/mol. The third kappa shape index (κ3) is 2.94. The van der Waals surface area contributed by atoms with Crippen LogP contribution in [0.1, 0.15) is 19.3 Å². The Balaban J connectivity index is 1.70. The number of amides is 1. The van der Waals surface area contributed by atoms with E-state index in [4.69, 9.17) is 17.5 Å². The number of rotatable bonds is 2. The summed E-state index contributed by atoms with van der Waals surface area (Å²) in [5.41, 5.74) is 4.97. The van der Waals surface area contributed by atoms with Crippen LogP contribution in [0, 0.1) is 23.2 Å². The summed E-state index contributed by atoms with van der Waals surface area (Å²) in [6, 6.07) is 2.12. The molecular weight excluding hydrogens is 236 g/mol. The number of thiocarbonyl (C=S) groups is 1. The quantitative estimate of drug-likeness (QED) is 0.375. The summed E-state index contributed by atoms with van der Waals surface area (Å²) in [6.07, 6.45) is 6.60. The molecule has 3 N–H and O–H groups in total. The predicted octanol–water partition coefficient (Wildman–Crippen LogP) is 0.360. The molecule has 1 saturated carbocycles. The number of carbonyl (C=O) groups excluding carboxylic acids is 1. The second-order valence-corrected chi connectivity index (χ2v) is 4.78. The standard InChI is InChI=1S/C11H14N4OS/c12-4-3-10(16)14-15-11(17)13-9-6-7-1-2-8(9)5-7/h1-2,7-9H,3,5-6H2,(H,14,16)(H2,13,15,17)/t7-,8-,9-/m0/s1. The molecule has 5 nitrogen and oxygen atoms in total. The SMILES string of the molecule is N#CCC(=O)NNC(=S)N[C@H]1C[C@H]2C=C[C@H]1C2. The van der Waals surface area contributed by atoms with Crippen molar-refractivity contribution in [2.24, 2.45) is 11.8 Å². The van der Waals surface area contributed by atoms with E-state index in [2.05, 4.69) is 28.3 Å². The molecule has 1 fully saturated rings. The maximum absolute atomic E-state index is 11.0. The Labute approximate surface area is 105 Å². The van der Waals surface area contributed by atoms with E-state index in [1.807, 2.05) is 0 Å². The van der Waals surface area contributed by atoms with Crippen molar-refractivity contribution < 1.29 is 4.79 Å². The molecular formula is C11H14N4OS. The molecule has 0 saturated heterocycles. The Morgan fingerprint density at radius 1 is 1.41 bits per heavy atom. The number of allylic oxidation sites excluding steroid dienone is 1. The van der Waals surface area contributed by atoms with Crippen LogP contribution in [0.2, 0.25) is 0 Å². The van der Waals surface area contributed by atoms with Crippen LogP contribution >= 0.6 is 12.2 Å². The van der Waals surface area contributed by atoms with Gasteiger partial charge in [0.05, 0.1) is 6.07 Å². The molecule has 0 aliphatic heterocycles. The average Bonchev–Trinajstić information content (AvgIpc) is 2.88. The first-order valence-corrected chi connectivity index (χ1v) is 6.00. The van der Waals surface area contributed by atoms with Gasteiger partial charge < -0.3 is 5.32 Å². The minimum absolute atomic E-state index is 0.174. The molecule has 0 aromatic rings. The van der Waals surface area contributed by atoms with Gasteiger partial charge in [0.25, 0.3) is 5.91 Å². The van der Waals surface area contributed by atoms with Gasteiger partial charge in [0.1, 0.15) is 6.42 Å². The van der Waals surface area contributed by atoms with Crippen molar-refractivity contribution in [3.63, 3.8) is 0 Å². The molecule has 0 aromatic heterocycles. The molecule has 6 heteroatoms. The van der Waals surface area contributed by atoms with Crippen LogP contribution in [-0.4, -0.2) is 17.1 Å². The molecule has 2 aliphatic carbocycles. The molecule has 0 unspecified atom stereocenters. The molecule has 2 bridgehead atoms. The molecule has 17 heavy (non-hydrogen) atoms. The van der Waals surface area contributed by atoms with Gasteiger partial charge in [-0.2, -0.15) is 5.26 Å². The zero-order valence-electron chi connectivity index (χ0n) is 9.27. The van der Waals surface area contributed by atoms with Crippen LogP contribution in [0.3, 0.4) is 0 Å². The van der Waals surface area contributed by atoms with Gasteiger partial charge in [0.2, 0.25) is 0 Å². The van der Waals surface area contributed by atoms with E-state index in [-0.39, 0.29) is 12.3 Å². The fourth-order valence-electron chi connectivity index (χ4n) is 2.39. The molecule has 90 valence electrons. The lowest BCUT2D eigenvalue weighted by atomic mass is 10.0. The number of hydrogen-bond donors (Lipinski definition) is 3.